The normalized spacial score (nSPS) is 32.7. The monoisotopic (exact) mass is 319 g/mol. The molecule has 2 amide bonds. The molecule has 3 aliphatic rings. The van der Waals surface area contributed by atoms with Gasteiger partial charge in [0.15, 0.2) is 0 Å². The molecule has 1 aliphatic heterocycles. The smallest absolute Gasteiger partial charge is 0.335 e. The highest BCUT2D eigenvalue weighted by Gasteiger charge is 2.61. The van der Waals surface area contributed by atoms with Crippen molar-refractivity contribution in [2.75, 3.05) is 4.90 Å². The third kappa shape index (κ3) is 1.69. The fraction of sp³-hybridized carbons (Fsp3) is 0.438. The molecular weight excluding hydrogens is 306 g/mol. The molecule has 22 heavy (non-hydrogen) atoms. The van der Waals surface area contributed by atoms with Crippen molar-refractivity contribution >= 4 is 35.1 Å². The summed E-state index contributed by atoms with van der Waals surface area (Å²) in [5.74, 6) is -1.45. The van der Waals surface area contributed by atoms with E-state index >= 15 is 0 Å². The van der Waals surface area contributed by atoms with Crippen LogP contribution in [0, 0.1) is 23.7 Å². The molecule has 2 bridgehead atoms. The predicted molar refractivity (Wildman–Crippen MR) is 78.7 cm³/mol. The largest absolute Gasteiger partial charge is 0.478 e. The molecule has 5 nitrogen and oxygen atoms in total. The molecule has 1 heterocycles. The Hall–Kier alpha value is -1.88. The highest BCUT2D eigenvalue weighted by molar-refractivity contribution is 6.36. The SMILES string of the molecule is O=C(O)c1ccc(Cl)c(N2C(=O)[C@@H]3[C@H]4CC[C@@H](C4)[C@H]3C2=O)c1. The summed E-state index contributed by atoms with van der Waals surface area (Å²) in [5.41, 5.74) is 0.213. The zero-order valence-electron chi connectivity index (χ0n) is 11.7. The van der Waals surface area contributed by atoms with Crippen molar-refractivity contribution in [1.82, 2.24) is 0 Å². The second kappa shape index (κ2) is 4.56. The van der Waals surface area contributed by atoms with Gasteiger partial charge in [0.05, 0.1) is 28.1 Å². The van der Waals surface area contributed by atoms with Gasteiger partial charge in [0.2, 0.25) is 11.8 Å². The highest BCUT2D eigenvalue weighted by Crippen LogP contribution is 2.56. The van der Waals surface area contributed by atoms with Crippen molar-refractivity contribution in [3.8, 4) is 0 Å². The first-order chi connectivity index (χ1) is 10.5. The van der Waals surface area contributed by atoms with Crippen LogP contribution in [0.2, 0.25) is 5.02 Å². The van der Waals surface area contributed by atoms with Crippen LogP contribution in [0.5, 0.6) is 0 Å². The summed E-state index contributed by atoms with van der Waals surface area (Å²) in [6.45, 7) is 0. The molecule has 4 rings (SSSR count). The van der Waals surface area contributed by atoms with Crippen LogP contribution in [0.1, 0.15) is 29.6 Å². The van der Waals surface area contributed by atoms with Crippen LogP contribution in [0.25, 0.3) is 0 Å². The maximum Gasteiger partial charge on any atom is 0.335 e. The van der Waals surface area contributed by atoms with Gasteiger partial charge in [-0.2, -0.15) is 0 Å². The Morgan fingerprint density at radius 3 is 2.27 bits per heavy atom. The first kappa shape index (κ1) is 13.8. The van der Waals surface area contributed by atoms with Crippen LogP contribution < -0.4 is 4.90 Å². The van der Waals surface area contributed by atoms with Gasteiger partial charge in [-0.15, -0.1) is 0 Å². The van der Waals surface area contributed by atoms with Gasteiger partial charge in [0.1, 0.15) is 0 Å². The number of fused-ring (bicyclic) bond motifs is 5. The number of carbonyl (C=O) groups excluding carboxylic acids is 2. The van der Waals surface area contributed by atoms with Gasteiger partial charge < -0.3 is 5.11 Å². The molecule has 1 saturated heterocycles. The molecule has 1 N–H and O–H groups in total. The maximum absolute atomic E-state index is 12.7. The number of halogens is 1. The predicted octanol–water partition coefficient (Wildman–Crippen LogP) is 2.57. The van der Waals surface area contributed by atoms with Crippen LogP contribution in [0.3, 0.4) is 0 Å². The lowest BCUT2D eigenvalue weighted by molar-refractivity contribution is -0.123. The second-order valence-corrected chi connectivity index (χ2v) is 6.78. The van der Waals surface area contributed by atoms with Crippen LogP contribution in [-0.2, 0) is 9.59 Å². The Balaban J connectivity index is 1.78. The minimum Gasteiger partial charge on any atom is -0.478 e. The lowest BCUT2D eigenvalue weighted by atomic mass is 9.81. The molecule has 1 aromatic carbocycles. The molecule has 0 unspecified atom stereocenters. The van der Waals surface area contributed by atoms with E-state index in [4.69, 9.17) is 16.7 Å². The van der Waals surface area contributed by atoms with E-state index in [1.165, 1.54) is 18.2 Å². The number of benzene rings is 1. The van der Waals surface area contributed by atoms with Gasteiger partial charge in [0.25, 0.3) is 0 Å². The number of anilines is 1. The van der Waals surface area contributed by atoms with Gasteiger partial charge in [-0.25, -0.2) is 9.69 Å². The summed E-state index contributed by atoms with van der Waals surface area (Å²) < 4.78 is 0. The Bertz CT molecular complexity index is 688. The van der Waals surface area contributed by atoms with Gasteiger partial charge in [-0.05, 0) is 49.3 Å². The minimum atomic E-state index is -1.11. The van der Waals surface area contributed by atoms with E-state index in [1.807, 2.05) is 0 Å². The number of carbonyl (C=O) groups is 3. The van der Waals surface area contributed by atoms with Gasteiger partial charge >= 0.3 is 5.97 Å². The summed E-state index contributed by atoms with van der Waals surface area (Å²) in [5, 5.41) is 9.32. The van der Waals surface area contributed by atoms with Crippen LogP contribution in [0.15, 0.2) is 18.2 Å². The van der Waals surface area contributed by atoms with E-state index in [-0.39, 0.29) is 51.8 Å². The lowest BCUT2D eigenvalue weighted by Crippen LogP contribution is -2.33. The Kier molecular flexibility index (Phi) is 2.85. The van der Waals surface area contributed by atoms with Crippen molar-refractivity contribution in [3.63, 3.8) is 0 Å². The average Bonchev–Trinajstić information content (AvgIpc) is 3.14. The number of amides is 2. The van der Waals surface area contributed by atoms with E-state index < -0.39 is 5.97 Å². The second-order valence-electron chi connectivity index (χ2n) is 6.37. The summed E-state index contributed by atoms with van der Waals surface area (Å²) >= 11 is 6.12. The number of hydrogen-bond donors (Lipinski definition) is 1. The zero-order chi connectivity index (χ0) is 15.6. The van der Waals surface area contributed by atoms with Gasteiger partial charge in [0, 0.05) is 0 Å². The molecule has 4 atom stereocenters. The number of carboxylic acids is 1. The molecule has 0 radical (unpaired) electrons. The number of aromatic carboxylic acids is 1. The summed E-state index contributed by atoms with van der Waals surface area (Å²) in [6.07, 6.45) is 2.97. The van der Waals surface area contributed by atoms with E-state index in [0.29, 0.717) is 0 Å². The zero-order valence-corrected chi connectivity index (χ0v) is 12.4. The van der Waals surface area contributed by atoms with Crippen molar-refractivity contribution in [2.24, 2.45) is 23.7 Å². The first-order valence-corrected chi connectivity index (χ1v) is 7.77. The third-order valence-electron chi connectivity index (χ3n) is 5.36. The number of imide groups is 1. The van der Waals surface area contributed by atoms with E-state index in [0.717, 1.165) is 24.2 Å². The molecular formula is C16H14ClNO4. The fourth-order valence-electron chi connectivity index (χ4n) is 4.46. The number of nitrogens with zero attached hydrogens (tertiary/aromatic N) is 1. The Labute approximate surface area is 131 Å². The van der Waals surface area contributed by atoms with Crippen molar-refractivity contribution in [3.05, 3.63) is 28.8 Å². The maximum atomic E-state index is 12.7. The topological polar surface area (TPSA) is 74.7 Å². The molecule has 6 heteroatoms. The molecule has 3 fully saturated rings. The molecule has 2 aliphatic carbocycles. The lowest BCUT2D eigenvalue weighted by Gasteiger charge is -2.19. The van der Waals surface area contributed by atoms with Crippen molar-refractivity contribution in [2.45, 2.75) is 19.3 Å². The van der Waals surface area contributed by atoms with E-state index in [2.05, 4.69) is 0 Å². The standard InChI is InChI=1S/C16H14ClNO4/c17-10-4-3-9(16(21)22)6-11(10)18-14(19)12-7-1-2-8(5-7)13(12)15(18)20/h3-4,6-8,12-13H,1-2,5H2,(H,21,22)/t7-,8-,12+,13+/m0/s1. The molecule has 114 valence electrons. The van der Waals surface area contributed by atoms with Gasteiger partial charge in [-0.1, -0.05) is 11.6 Å². The highest BCUT2D eigenvalue weighted by atomic mass is 35.5. The van der Waals surface area contributed by atoms with Crippen LogP contribution in [-0.4, -0.2) is 22.9 Å². The molecule has 0 spiro atoms. The van der Waals surface area contributed by atoms with Crippen LogP contribution >= 0.6 is 11.6 Å². The van der Waals surface area contributed by atoms with Crippen LogP contribution in [0.4, 0.5) is 5.69 Å². The summed E-state index contributed by atoms with van der Waals surface area (Å²) in [4.78, 5) is 37.7. The number of hydrogen-bond acceptors (Lipinski definition) is 3. The summed E-state index contributed by atoms with van der Waals surface area (Å²) in [7, 11) is 0. The molecule has 2 saturated carbocycles. The fourth-order valence-corrected chi connectivity index (χ4v) is 4.67. The van der Waals surface area contributed by atoms with E-state index in [1.54, 1.807) is 0 Å². The quantitative estimate of drug-likeness (QED) is 0.850. The Morgan fingerprint density at radius 2 is 1.73 bits per heavy atom. The molecule has 1 aromatic rings. The molecule has 0 aromatic heterocycles. The van der Waals surface area contributed by atoms with Crippen molar-refractivity contribution in [1.29, 1.82) is 0 Å². The number of rotatable bonds is 2. The first-order valence-electron chi connectivity index (χ1n) is 7.39. The average molecular weight is 320 g/mol. The van der Waals surface area contributed by atoms with Crippen molar-refractivity contribution < 1.29 is 19.5 Å². The Morgan fingerprint density at radius 1 is 1.14 bits per heavy atom. The minimum absolute atomic E-state index is 0.0139. The van der Waals surface area contributed by atoms with E-state index in [9.17, 15) is 14.4 Å². The summed E-state index contributed by atoms with van der Waals surface area (Å²) in [6, 6.07) is 4.09. The van der Waals surface area contributed by atoms with Gasteiger partial charge in [-0.3, -0.25) is 9.59 Å². The number of carboxylic acid groups (broad SMARTS) is 1. The third-order valence-corrected chi connectivity index (χ3v) is 5.68.